The van der Waals surface area contributed by atoms with Crippen LogP contribution < -0.4 is 0 Å². The summed E-state index contributed by atoms with van der Waals surface area (Å²) in [6.07, 6.45) is 1.32. The number of ketones is 1. The first kappa shape index (κ1) is 13.3. The molecular formula is C15H24N2O. The number of carbonyl (C=O) groups excluding carboxylic acids is 1. The van der Waals surface area contributed by atoms with Gasteiger partial charge in [0.2, 0.25) is 0 Å². The fraction of sp³-hybridized carbons (Fsp3) is 0.667. The molecule has 0 aromatic carbocycles. The lowest BCUT2D eigenvalue weighted by molar-refractivity contribution is 0.0942. The molecule has 0 aliphatic heterocycles. The summed E-state index contributed by atoms with van der Waals surface area (Å²) in [5.74, 6) is 1.90. The first-order valence-electron chi connectivity index (χ1n) is 6.74. The monoisotopic (exact) mass is 248 g/mol. The molecule has 2 unspecified atom stereocenters. The van der Waals surface area contributed by atoms with Gasteiger partial charge in [0, 0.05) is 30.5 Å². The molecule has 2 rings (SSSR count). The quantitative estimate of drug-likeness (QED) is 0.748. The summed E-state index contributed by atoms with van der Waals surface area (Å²) >= 11 is 0. The number of hydrogen-bond donors (Lipinski definition) is 0. The molecule has 1 heterocycles. The van der Waals surface area contributed by atoms with E-state index in [1.807, 2.05) is 34.0 Å². The molecule has 1 aromatic rings. The van der Waals surface area contributed by atoms with Gasteiger partial charge in [-0.1, -0.05) is 6.92 Å². The van der Waals surface area contributed by atoms with Gasteiger partial charge in [-0.2, -0.15) is 0 Å². The van der Waals surface area contributed by atoms with Crippen LogP contribution in [0.3, 0.4) is 0 Å². The average molecular weight is 248 g/mol. The highest BCUT2D eigenvalue weighted by Crippen LogP contribution is 2.37. The largest absolute Gasteiger partial charge is 0.351 e. The molecule has 3 nitrogen and oxygen atoms in total. The minimum atomic E-state index is 0.243. The van der Waals surface area contributed by atoms with Gasteiger partial charge in [0.25, 0.3) is 0 Å². The summed E-state index contributed by atoms with van der Waals surface area (Å²) in [4.78, 5) is 14.4. The summed E-state index contributed by atoms with van der Waals surface area (Å²) in [7, 11) is 4.06. The molecule has 1 saturated carbocycles. The third kappa shape index (κ3) is 2.66. The van der Waals surface area contributed by atoms with Crippen molar-refractivity contribution in [2.24, 2.45) is 18.9 Å². The van der Waals surface area contributed by atoms with Crippen LogP contribution in [0.1, 0.15) is 35.1 Å². The third-order valence-electron chi connectivity index (χ3n) is 4.31. The summed E-state index contributed by atoms with van der Waals surface area (Å²) in [5, 5.41) is 0. The van der Waals surface area contributed by atoms with Crippen LogP contribution in [0.25, 0.3) is 0 Å². The Labute approximate surface area is 110 Å². The van der Waals surface area contributed by atoms with Gasteiger partial charge in [0.05, 0.1) is 6.54 Å². The minimum Gasteiger partial charge on any atom is -0.351 e. The molecule has 1 fully saturated rings. The van der Waals surface area contributed by atoms with Crippen LogP contribution in [0.15, 0.2) is 6.07 Å². The van der Waals surface area contributed by atoms with Crippen molar-refractivity contribution in [2.45, 2.75) is 27.2 Å². The molecule has 100 valence electrons. The van der Waals surface area contributed by atoms with Crippen LogP contribution in [0.5, 0.6) is 0 Å². The van der Waals surface area contributed by atoms with Gasteiger partial charge in [-0.3, -0.25) is 9.69 Å². The predicted octanol–water partition coefficient (Wildman–Crippen LogP) is 2.41. The first-order valence-corrected chi connectivity index (χ1v) is 6.74. The highest BCUT2D eigenvalue weighted by atomic mass is 16.1. The van der Waals surface area contributed by atoms with E-state index in [2.05, 4.69) is 16.4 Å². The van der Waals surface area contributed by atoms with Crippen LogP contribution in [0, 0.1) is 25.7 Å². The van der Waals surface area contributed by atoms with E-state index in [9.17, 15) is 4.79 Å². The normalized spacial score (nSPS) is 22.6. The van der Waals surface area contributed by atoms with Crippen molar-refractivity contribution in [3.63, 3.8) is 0 Å². The molecule has 1 aromatic heterocycles. The maximum absolute atomic E-state index is 12.3. The maximum Gasteiger partial charge on any atom is 0.178 e. The molecular weight excluding hydrogens is 224 g/mol. The van der Waals surface area contributed by atoms with Crippen molar-refractivity contribution in [3.8, 4) is 0 Å². The first-order chi connectivity index (χ1) is 8.40. The molecule has 18 heavy (non-hydrogen) atoms. The smallest absolute Gasteiger partial charge is 0.178 e. The van der Waals surface area contributed by atoms with E-state index in [-0.39, 0.29) is 5.78 Å². The van der Waals surface area contributed by atoms with Crippen molar-refractivity contribution in [2.75, 3.05) is 20.1 Å². The summed E-state index contributed by atoms with van der Waals surface area (Å²) in [6.45, 7) is 7.93. The van der Waals surface area contributed by atoms with Crippen molar-refractivity contribution in [1.82, 2.24) is 9.47 Å². The van der Waals surface area contributed by atoms with Crippen LogP contribution >= 0.6 is 0 Å². The van der Waals surface area contributed by atoms with Crippen LogP contribution in [0.4, 0.5) is 0 Å². The fourth-order valence-corrected chi connectivity index (χ4v) is 2.59. The second kappa shape index (κ2) is 4.88. The Hall–Kier alpha value is -1.09. The number of carbonyl (C=O) groups is 1. The zero-order valence-corrected chi connectivity index (χ0v) is 12.2. The molecule has 0 radical (unpaired) electrons. The van der Waals surface area contributed by atoms with Crippen molar-refractivity contribution in [1.29, 1.82) is 0 Å². The number of aromatic nitrogens is 1. The average Bonchev–Trinajstić information content (AvgIpc) is 2.91. The predicted molar refractivity (Wildman–Crippen MR) is 74.0 cm³/mol. The van der Waals surface area contributed by atoms with Gasteiger partial charge in [-0.05, 0) is 45.2 Å². The molecule has 0 amide bonds. The van der Waals surface area contributed by atoms with Crippen molar-refractivity contribution >= 4 is 5.78 Å². The lowest BCUT2D eigenvalue weighted by Gasteiger charge is -2.15. The van der Waals surface area contributed by atoms with E-state index >= 15 is 0 Å². The Morgan fingerprint density at radius 2 is 2.11 bits per heavy atom. The van der Waals surface area contributed by atoms with E-state index in [0.717, 1.165) is 35.3 Å². The van der Waals surface area contributed by atoms with Crippen LogP contribution in [-0.4, -0.2) is 35.4 Å². The number of rotatable bonds is 5. The van der Waals surface area contributed by atoms with E-state index in [0.29, 0.717) is 6.54 Å². The summed E-state index contributed by atoms with van der Waals surface area (Å²) < 4.78 is 2.08. The minimum absolute atomic E-state index is 0.243. The van der Waals surface area contributed by atoms with Crippen molar-refractivity contribution in [3.05, 3.63) is 23.0 Å². The third-order valence-corrected chi connectivity index (χ3v) is 4.31. The van der Waals surface area contributed by atoms with Crippen LogP contribution in [0.2, 0.25) is 0 Å². The van der Waals surface area contributed by atoms with Gasteiger partial charge >= 0.3 is 0 Å². The maximum atomic E-state index is 12.3. The van der Waals surface area contributed by atoms with Gasteiger partial charge in [0.15, 0.2) is 5.78 Å². The summed E-state index contributed by atoms with van der Waals surface area (Å²) in [6, 6.07) is 2.01. The Morgan fingerprint density at radius 3 is 2.56 bits per heavy atom. The second-order valence-corrected chi connectivity index (χ2v) is 5.94. The number of Topliss-reactive ketones (excluding diaryl/α,β-unsaturated/α-hetero) is 1. The number of nitrogens with zero attached hydrogens (tertiary/aromatic N) is 2. The zero-order chi connectivity index (χ0) is 13.4. The molecule has 0 spiro atoms. The Kier molecular flexibility index (Phi) is 3.62. The van der Waals surface area contributed by atoms with E-state index in [1.54, 1.807) is 0 Å². The lowest BCUT2D eigenvalue weighted by atomic mass is 10.1. The van der Waals surface area contributed by atoms with Gasteiger partial charge in [0.1, 0.15) is 0 Å². The van der Waals surface area contributed by atoms with Gasteiger partial charge in [-0.25, -0.2) is 0 Å². The van der Waals surface area contributed by atoms with E-state index in [4.69, 9.17) is 0 Å². The highest BCUT2D eigenvalue weighted by Gasteiger charge is 2.33. The summed E-state index contributed by atoms with van der Waals surface area (Å²) in [5.41, 5.74) is 3.10. The van der Waals surface area contributed by atoms with E-state index in [1.165, 1.54) is 6.42 Å². The molecule has 2 atom stereocenters. The number of likely N-dealkylation sites (N-methyl/N-ethyl adjacent to an activating group) is 1. The molecule has 3 heteroatoms. The lowest BCUT2D eigenvalue weighted by Crippen LogP contribution is -2.28. The Bertz CT molecular complexity index is 461. The molecule has 1 aliphatic rings. The standard InChI is InChI=1S/C15H24N2O/c1-10-6-13(10)8-16(4)9-15(18)14-7-11(2)17(5)12(14)3/h7,10,13H,6,8-9H2,1-5H3. The molecule has 0 saturated heterocycles. The molecule has 1 aliphatic carbocycles. The zero-order valence-electron chi connectivity index (χ0n) is 12.2. The fourth-order valence-electron chi connectivity index (χ4n) is 2.59. The van der Waals surface area contributed by atoms with Crippen molar-refractivity contribution < 1.29 is 4.79 Å². The van der Waals surface area contributed by atoms with Crippen LogP contribution in [-0.2, 0) is 7.05 Å². The van der Waals surface area contributed by atoms with E-state index < -0.39 is 0 Å². The SMILES string of the molecule is Cc1cc(C(=O)CN(C)CC2CC2C)c(C)n1C. The highest BCUT2D eigenvalue weighted by molar-refractivity contribution is 5.99. The molecule has 0 N–H and O–H groups in total. The molecule has 0 bridgehead atoms. The number of hydrogen-bond acceptors (Lipinski definition) is 2. The van der Waals surface area contributed by atoms with Gasteiger partial charge < -0.3 is 4.57 Å². The topological polar surface area (TPSA) is 25.2 Å². The second-order valence-electron chi connectivity index (χ2n) is 5.94. The number of aryl methyl sites for hydroxylation is 1. The Balaban J connectivity index is 1.96. The Morgan fingerprint density at radius 1 is 1.50 bits per heavy atom. The van der Waals surface area contributed by atoms with Gasteiger partial charge in [-0.15, -0.1) is 0 Å².